The van der Waals surface area contributed by atoms with Crippen molar-refractivity contribution in [2.45, 2.75) is 18.8 Å². The van der Waals surface area contributed by atoms with Crippen LogP contribution in [0.2, 0.25) is 0 Å². The number of rotatable bonds is 5. The number of hydrogen-bond acceptors (Lipinski definition) is 3. The van der Waals surface area contributed by atoms with E-state index >= 15 is 0 Å². The molecule has 0 spiro atoms. The molecule has 2 heterocycles. The third-order valence-electron chi connectivity index (χ3n) is 2.42. The monoisotopic (exact) mass is 237 g/mol. The molecule has 17 heavy (non-hydrogen) atoms. The fourth-order valence-electron chi connectivity index (χ4n) is 1.23. The number of epoxide rings is 2. The number of hydrogen-bond donors (Lipinski definition) is 0. The van der Waals surface area contributed by atoms with E-state index in [1.807, 2.05) is 30.3 Å². The summed E-state index contributed by atoms with van der Waals surface area (Å²) >= 11 is 0. The lowest BCUT2D eigenvalue weighted by atomic mass is 10.2. The van der Waals surface area contributed by atoms with Crippen molar-refractivity contribution < 1.29 is 19.3 Å². The summed E-state index contributed by atoms with van der Waals surface area (Å²) in [4.78, 5) is 0. The first kappa shape index (κ1) is 12.5. The second-order valence-electron chi connectivity index (χ2n) is 4.08. The molecule has 0 aromatic heterocycles. The van der Waals surface area contributed by atoms with Gasteiger partial charge in [-0.05, 0) is 5.56 Å². The van der Waals surface area contributed by atoms with E-state index in [0.717, 1.165) is 32.0 Å². The van der Waals surface area contributed by atoms with Crippen molar-refractivity contribution in [3.05, 3.63) is 35.9 Å². The smallest absolute Gasteiger partial charge is 0.107 e. The van der Waals surface area contributed by atoms with Gasteiger partial charge in [-0.2, -0.15) is 0 Å². The highest BCUT2D eigenvalue weighted by molar-refractivity contribution is 5.12. The SMILES string of the molecule is C(OCC1CO1)C1CO1.[O]Cc1ccccc1. The Morgan fingerprint density at radius 1 is 1.06 bits per heavy atom. The van der Waals surface area contributed by atoms with Crippen LogP contribution >= 0.6 is 0 Å². The standard InChI is InChI=1S/C7H7O.C6H10O3/c8-6-7-4-2-1-3-5-7;1(5-3-8-5)7-2-6-4-9-6/h1-5H,6H2;5-6H,1-4H2. The van der Waals surface area contributed by atoms with Gasteiger partial charge in [0.2, 0.25) is 0 Å². The van der Waals surface area contributed by atoms with Gasteiger partial charge in [0.05, 0.1) is 26.4 Å². The number of benzene rings is 1. The molecule has 0 amide bonds. The maximum Gasteiger partial charge on any atom is 0.107 e. The lowest BCUT2D eigenvalue weighted by molar-refractivity contribution is 0.102. The Labute approximate surface area is 101 Å². The highest BCUT2D eigenvalue weighted by Crippen LogP contribution is 2.12. The third kappa shape index (κ3) is 5.79. The molecule has 2 unspecified atom stereocenters. The lowest BCUT2D eigenvalue weighted by Crippen LogP contribution is -2.06. The van der Waals surface area contributed by atoms with Crippen LogP contribution in [0.15, 0.2) is 30.3 Å². The Morgan fingerprint density at radius 2 is 1.59 bits per heavy atom. The zero-order chi connectivity index (χ0) is 11.9. The fourth-order valence-corrected chi connectivity index (χ4v) is 1.23. The van der Waals surface area contributed by atoms with Gasteiger partial charge in [0, 0.05) is 0 Å². The van der Waals surface area contributed by atoms with Crippen LogP contribution in [0, 0.1) is 0 Å². The van der Waals surface area contributed by atoms with E-state index < -0.39 is 0 Å². The Kier molecular flexibility index (Phi) is 4.94. The summed E-state index contributed by atoms with van der Waals surface area (Å²) in [6, 6.07) is 9.29. The van der Waals surface area contributed by atoms with Gasteiger partial charge < -0.3 is 14.2 Å². The molecule has 4 nitrogen and oxygen atoms in total. The van der Waals surface area contributed by atoms with Gasteiger partial charge in [-0.25, -0.2) is 5.11 Å². The van der Waals surface area contributed by atoms with E-state index in [1.165, 1.54) is 0 Å². The van der Waals surface area contributed by atoms with Crippen molar-refractivity contribution in [3.8, 4) is 0 Å². The van der Waals surface area contributed by atoms with Crippen LogP contribution in [0.3, 0.4) is 0 Å². The van der Waals surface area contributed by atoms with Crippen LogP contribution < -0.4 is 0 Å². The molecular weight excluding hydrogens is 220 g/mol. The van der Waals surface area contributed by atoms with E-state index in [-0.39, 0.29) is 6.61 Å². The highest BCUT2D eigenvalue weighted by atomic mass is 16.6. The van der Waals surface area contributed by atoms with Gasteiger partial charge in [-0.15, -0.1) is 0 Å². The van der Waals surface area contributed by atoms with Crippen molar-refractivity contribution in [1.82, 2.24) is 0 Å². The molecule has 2 atom stereocenters. The Balaban J connectivity index is 0.000000128. The predicted octanol–water partition coefficient (Wildman–Crippen LogP) is 1.42. The lowest BCUT2D eigenvalue weighted by Gasteiger charge is -1.95. The largest absolute Gasteiger partial charge is 0.376 e. The molecule has 0 bridgehead atoms. The summed E-state index contributed by atoms with van der Waals surface area (Å²) < 4.78 is 15.1. The average Bonchev–Trinajstić information content (AvgIpc) is 3.25. The van der Waals surface area contributed by atoms with Crippen LogP contribution in [0.25, 0.3) is 0 Å². The maximum absolute atomic E-state index is 10.1. The minimum Gasteiger partial charge on any atom is -0.376 e. The van der Waals surface area contributed by atoms with Gasteiger partial charge in [0.1, 0.15) is 18.8 Å². The molecule has 1 radical (unpaired) electrons. The van der Waals surface area contributed by atoms with Crippen LogP contribution in [0.4, 0.5) is 0 Å². The first-order valence-corrected chi connectivity index (χ1v) is 5.81. The molecule has 0 saturated carbocycles. The van der Waals surface area contributed by atoms with Crippen LogP contribution in [-0.2, 0) is 25.9 Å². The third-order valence-corrected chi connectivity index (χ3v) is 2.42. The summed E-state index contributed by atoms with van der Waals surface area (Å²) in [6.45, 7) is 3.15. The molecule has 93 valence electrons. The molecule has 2 fully saturated rings. The maximum atomic E-state index is 10.1. The first-order chi connectivity index (χ1) is 8.38. The van der Waals surface area contributed by atoms with Gasteiger partial charge in [-0.1, -0.05) is 30.3 Å². The van der Waals surface area contributed by atoms with Gasteiger partial charge in [-0.3, -0.25) is 0 Å². The molecule has 2 saturated heterocycles. The average molecular weight is 237 g/mol. The highest BCUT2D eigenvalue weighted by Gasteiger charge is 2.26. The van der Waals surface area contributed by atoms with E-state index in [1.54, 1.807) is 0 Å². The van der Waals surface area contributed by atoms with Crippen molar-refractivity contribution in [3.63, 3.8) is 0 Å². The first-order valence-electron chi connectivity index (χ1n) is 5.81. The Morgan fingerprint density at radius 3 is 1.94 bits per heavy atom. The molecule has 3 rings (SSSR count). The van der Waals surface area contributed by atoms with E-state index in [0.29, 0.717) is 12.2 Å². The van der Waals surface area contributed by atoms with Crippen LogP contribution in [0.1, 0.15) is 5.56 Å². The van der Waals surface area contributed by atoms with Crippen molar-refractivity contribution >= 4 is 0 Å². The topological polar surface area (TPSA) is 54.2 Å². The molecule has 2 aliphatic heterocycles. The summed E-state index contributed by atoms with van der Waals surface area (Å²) in [7, 11) is 0. The van der Waals surface area contributed by atoms with E-state index in [4.69, 9.17) is 14.2 Å². The summed E-state index contributed by atoms with van der Waals surface area (Å²) in [5.41, 5.74) is 0.854. The molecule has 2 aliphatic rings. The van der Waals surface area contributed by atoms with Crippen molar-refractivity contribution in [2.24, 2.45) is 0 Å². The second-order valence-corrected chi connectivity index (χ2v) is 4.08. The molecule has 1 aromatic carbocycles. The van der Waals surface area contributed by atoms with Crippen LogP contribution in [-0.4, -0.2) is 38.6 Å². The van der Waals surface area contributed by atoms with E-state index in [9.17, 15) is 5.11 Å². The van der Waals surface area contributed by atoms with E-state index in [2.05, 4.69) is 0 Å². The van der Waals surface area contributed by atoms with Gasteiger partial charge in [0.15, 0.2) is 0 Å². The minimum atomic E-state index is -0.110. The minimum absolute atomic E-state index is 0.110. The van der Waals surface area contributed by atoms with Gasteiger partial charge in [0.25, 0.3) is 0 Å². The van der Waals surface area contributed by atoms with Crippen molar-refractivity contribution in [1.29, 1.82) is 0 Å². The van der Waals surface area contributed by atoms with Gasteiger partial charge >= 0.3 is 0 Å². The Hall–Kier alpha value is -0.940. The zero-order valence-corrected chi connectivity index (χ0v) is 9.71. The summed E-state index contributed by atoms with van der Waals surface area (Å²) in [5.74, 6) is 0. The quantitative estimate of drug-likeness (QED) is 0.728. The summed E-state index contributed by atoms with van der Waals surface area (Å²) in [6.07, 6.45) is 0.785. The molecule has 0 aliphatic carbocycles. The molecule has 4 heteroatoms. The molecule has 1 aromatic rings. The Bertz CT molecular complexity index is 294. The fraction of sp³-hybridized carbons (Fsp3) is 0.538. The second kappa shape index (κ2) is 6.71. The molecule has 0 N–H and O–H groups in total. The predicted molar refractivity (Wildman–Crippen MR) is 61.1 cm³/mol. The van der Waals surface area contributed by atoms with Crippen LogP contribution in [0.5, 0.6) is 0 Å². The zero-order valence-electron chi connectivity index (χ0n) is 9.71. The normalized spacial score (nSPS) is 24.8. The molecular formula is C13H17O4. The summed E-state index contributed by atoms with van der Waals surface area (Å²) in [5, 5.41) is 10.1. The number of ether oxygens (including phenoxy) is 3. The van der Waals surface area contributed by atoms with Crippen molar-refractivity contribution in [2.75, 3.05) is 26.4 Å².